The van der Waals surface area contributed by atoms with Gasteiger partial charge in [-0.2, -0.15) is 5.26 Å². The Morgan fingerprint density at radius 2 is 1.76 bits per heavy atom. The second-order valence-electron chi connectivity index (χ2n) is 7.83. The monoisotopic (exact) mass is 517 g/mol. The summed E-state index contributed by atoms with van der Waals surface area (Å²) in [5, 5.41) is 27.1. The van der Waals surface area contributed by atoms with E-state index in [9.17, 15) is 4.79 Å². The van der Waals surface area contributed by atoms with Gasteiger partial charge in [-0.15, -0.1) is 5.10 Å². The second kappa shape index (κ2) is 13.0. The molecule has 4 aromatic rings. The standard InChI is InChI=1S/C26H24ClN7O3/c27-22-9-4-5-10-24(22)36-18-23(26-31-32-33-34(26)16-6-15-28)29-17-25(35)30-19-11-13-21(14-12-19)37-20-7-2-1-3-8-20/h1-5,7-14,23,29H,6,16-18H2,(H,30,35). The maximum absolute atomic E-state index is 12.7. The third-order valence-corrected chi connectivity index (χ3v) is 5.49. The molecule has 2 N–H and O–H groups in total. The molecule has 1 aromatic heterocycles. The first-order valence-corrected chi connectivity index (χ1v) is 11.9. The number of halogens is 1. The van der Waals surface area contributed by atoms with Crippen molar-refractivity contribution in [2.75, 3.05) is 18.5 Å². The van der Waals surface area contributed by atoms with E-state index >= 15 is 0 Å². The predicted molar refractivity (Wildman–Crippen MR) is 137 cm³/mol. The first kappa shape index (κ1) is 25.6. The van der Waals surface area contributed by atoms with Crippen molar-refractivity contribution in [2.45, 2.75) is 19.0 Å². The van der Waals surface area contributed by atoms with Crippen LogP contribution in [0.4, 0.5) is 5.69 Å². The van der Waals surface area contributed by atoms with Crippen LogP contribution in [0.1, 0.15) is 18.3 Å². The molecule has 4 rings (SSSR count). The minimum atomic E-state index is -0.544. The summed E-state index contributed by atoms with van der Waals surface area (Å²) in [5.41, 5.74) is 0.620. The SMILES string of the molecule is N#CCCn1nnnc1C(COc1ccccc1Cl)NCC(=O)Nc1ccc(Oc2ccccc2)cc1. The number of amides is 1. The molecule has 0 bridgehead atoms. The number of anilines is 1. The fourth-order valence-electron chi connectivity index (χ4n) is 3.39. The van der Waals surface area contributed by atoms with Crippen LogP contribution in [-0.2, 0) is 11.3 Å². The van der Waals surface area contributed by atoms with Gasteiger partial charge in [-0.25, -0.2) is 4.68 Å². The van der Waals surface area contributed by atoms with Crippen LogP contribution in [0.25, 0.3) is 0 Å². The maximum atomic E-state index is 12.7. The molecule has 0 aliphatic rings. The van der Waals surface area contributed by atoms with Crippen molar-refractivity contribution in [3.8, 4) is 23.3 Å². The molecule has 0 fully saturated rings. The van der Waals surface area contributed by atoms with Gasteiger partial charge in [0.1, 0.15) is 29.9 Å². The van der Waals surface area contributed by atoms with Gasteiger partial charge in [-0.3, -0.25) is 10.1 Å². The van der Waals surface area contributed by atoms with Crippen LogP contribution >= 0.6 is 11.6 Å². The third-order valence-electron chi connectivity index (χ3n) is 5.17. The Labute approximate surface area is 218 Å². The number of ether oxygens (including phenoxy) is 2. The van der Waals surface area contributed by atoms with E-state index in [1.165, 1.54) is 4.68 Å². The van der Waals surface area contributed by atoms with E-state index < -0.39 is 6.04 Å². The van der Waals surface area contributed by atoms with Gasteiger partial charge >= 0.3 is 0 Å². The Kier molecular flexibility index (Phi) is 9.02. The highest BCUT2D eigenvalue weighted by Gasteiger charge is 2.21. The molecule has 1 heterocycles. The van der Waals surface area contributed by atoms with Crippen LogP contribution in [0.2, 0.25) is 5.02 Å². The summed E-state index contributed by atoms with van der Waals surface area (Å²) < 4.78 is 13.2. The topological polar surface area (TPSA) is 127 Å². The summed E-state index contributed by atoms with van der Waals surface area (Å²) in [4.78, 5) is 12.7. The lowest BCUT2D eigenvalue weighted by Crippen LogP contribution is -2.35. The summed E-state index contributed by atoms with van der Waals surface area (Å²) in [5.74, 6) is 2.05. The second-order valence-corrected chi connectivity index (χ2v) is 8.24. The Balaban J connectivity index is 1.37. The quantitative estimate of drug-likeness (QED) is 0.283. The summed E-state index contributed by atoms with van der Waals surface area (Å²) in [6.45, 7) is 0.381. The molecule has 0 saturated heterocycles. The highest BCUT2D eigenvalue weighted by molar-refractivity contribution is 6.32. The number of nitrogens with one attached hydrogen (secondary N) is 2. The molecule has 0 radical (unpaired) electrons. The number of tetrazole rings is 1. The number of carbonyl (C=O) groups excluding carboxylic acids is 1. The average Bonchev–Trinajstić information content (AvgIpc) is 3.38. The number of nitrogens with zero attached hydrogens (tertiary/aromatic N) is 5. The molecular weight excluding hydrogens is 494 g/mol. The van der Waals surface area contributed by atoms with Crippen molar-refractivity contribution in [3.05, 3.63) is 89.7 Å². The van der Waals surface area contributed by atoms with Gasteiger partial charge in [-0.05, 0) is 59.0 Å². The van der Waals surface area contributed by atoms with E-state index in [0.29, 0.717) is 34.6 Å². The molecule has 37 heavy (non-hydrogen) atoms. The summed E-state index contributed by atoms with van der Waals surface area (Å²) in [7, 11) is 0. The zero-order valence-corrected chi connectivity index (χ0v) is 20.5. The third kappa shape index (κ3) is 7.51. The lowest BCUT2D eigenvalue weighted by Gasteiger charge is -2.19. The molecule has 0 saturated carbocycles. The van der Waals surface area contributed by atoms with E-state index in [0.717, 1.165) is 5.75 Å². The van der Waals surface area contributed by atoms with Crippen molar-refractivity contribution in [1.82, 2.24) is 25.5 Å². The van der Waals surface area contributed by atoms with Crippen LogP contribution in [0.3, 0.4) is 0 Å². The van der Waals surface area contributed by atoms with Gasteiger partial charge in [0.2, 0.25) is 5.91 Å². The number of aryl methyl sites for hydroxylation is 1. The maximum Gasteiger partial charge on any atom is 0.238 e. The number of rotatable bonds is 12. The van der Waals surface area contributed by atoms with Crippen molar-refractivity contribution >= 4 is 23.2 Å². The summed E-state index contributed by atoms with van der Waals surface area (Å²) >= 11 is 6.21. The van der Waals surface area contributed by atoms with Crippen molar-refractivity contribution in [3.63, 3.8) is 0 Å². The lowest BCUT2D eigenvalue weighted by molar-refractivity contribution is -0.115. The Morgan fingerprint density at radius 1 is 1.03 bits per heavy atom. The Hall–Kier alpha value is -4.46. The Morgan fingerprint density at radius 3 is 2.51 bits per heavy atom. The van der Waals surface area contributed by atoms with Crippen LogP contribution in [0.5, 0.6) is 17.2 Å². The van der Waals surface area contributed by atoms with Crippen LogP contribution < -0.4 is 20.1 Å². The summed E-state index contributed by atoms with van der Waals surface area (Å²) in [6, 6.07) is 25.1. The number of nitriles is 1. The van der Waals surface area contributed by atoms with E-state index in [1.54, 1.807) is 42.5 Å². The number of hydrogen-bond acceptors (Lipinski definition) is 8. The fraction of sp³-hybridized carbons (Fsp3) is 0.192. The number of para-hydroxylation sites is 2. The number of aromatic nitrogens is 4. The predicted octanol–water partition coefficient (Wildman–Crippen LogP) is 4.38. The van der Waals surface area contributed by atoms with Crippen LogP contribution in [-0.4, -0.2) is 39.3 Å². The van der Waals surface area contributed by atoms with E-state index in [2.05, 4.69) is 32.2 Å². The van der Waals surface area contributed by atoms with E-state index in [1.807, 2.05) is 36.4 Å². The number of hydrogen-bond donors (Lipinski definition) is 2. The highest BCUT2D eigenvalue weighted by Crippen LogP contribution is 2.25. The van der Waals surface area contributed by atoms with Crippen LogP contribution in [0, 0.1) is 11.3 Å². The molecule has 188 valence electrons. The van der Waals surface area contributed by atoms with Gasteiger partial charge < -0.3 is 14.8 Å². The normalized spacial score (nSPS) is 11.4. The molecule has 0 aliphatic carbocycles. The molecule has 11 heteroatoms. The minimum Gasteiger partial charge on any atom is -0.490 e. The minimum absolute atomic E-state index is 0.0378. The van der Waals surface area contributed by atoms with E-state index in [4.69, 9.17) is 26.3 Å². The molecule has 10 nitrogen and oxygen atoms in total. The number of benzene rings is 3. The van der Waals surface area contributed by atoms with E-state index in [-0.39, 0.29) is 25.5 Å². The molecular formula is C26H24ClN7O3. The largest absolute Gasteiger partial charge is 0.490 e. The smallest absolute Gasteiger partial charge is 0.238 e. The zero-order valence-electron chi connectivity index (χ0n) is 19.8. The molecule has 1 atom stereocenters. The zero-order chi connectivity index (χ0) is 25.9. The van der Waals surface area contributed by atoms with Gasteiger partial charge in [0, 0.05) is 5.69 Å². The van der Waals surface area contributed by atoms with Gasteiger partial charge in [0.15, 0.2) is 5.82 Å². The van der Waals surface area contributed by atoms with Gasteiger partial charge in [0.25, 0.3) is 0 Å². The molecule has 3 aromatic carbocycles. The molecule has 1 unspecified atom stereocenters. The van der Waals surface area contributed by atoms with Crippen molar-refractivity contribution in [2.24, 2.45) is 0 Å². The Bertz CT molecular complexity index is 1340. The lowest BCUT2D eigenvalue weighted by atomic mass is 10.2. The first-order valence-electron chi connectivity index (χ1n) is 11.5. The van der Waals surface area contributed by atoms with Gasteiger partial charge in [-0.1, -0.05) is 41.9 Å². The van der Waals surface area contributed by atoms with Gasteiger partial charge in [0.05, 0.1) is 30.6 Å². The number of carbonyl (C=O) groups is 1. The highest BCUT2D eigenvalue weighted by atomic mass is 35.5. The summed E-state index contributed by atoms with van der Waals surface area (Å²) in [6.07, 6.45) is 0.237. The molecule has 0 spiro atoms. The average molecular weight is 518 g/mol. The van der Waals surface area contributed by atoms with Crippen molar-refractivity contribution in [1.29, 1.82) is 5.26 Å². The van der Waals surface area contributed by atoms with Crippen molar-refractivity contribution < 1.29 is 14.3 Å². The van der Waals surface area contributed by atoms with Crippen LogP contribution in [0.15, 0.2) is 78.9 Å². The first-order chi connectivity index (χ1) is 18.1. The molecule has 0 aliphatic heterocycles. The fourth-order valence-corrected chi connectivity index (χ4v) is 3.58. The molecule has 1 amide bonds.